The first-order chi connectivity index (χ1) is 8.32. The zero-order valence-corrected chi connectivity index (χ0v) is 13.9. The third-order valence-electron chi connectivity index (χ3n) is 2.63. The van der Waals surface area contributed by atoms with Gasteiger partial charge in [-0.05, 0) is 27.9 Å². The van der Waals surface area contributed by atoms with Gasteiger partial charge in [0.2, 0.25) is 5.91 Å². The summed E-state index contributed by atoms with van der Waals surface area (Å²) >= 11 is 10.0. The molecular weight excluding hydrogens is 332 g/mol. The van der Waals surface area contributed by atoms with Crippen LogP contribution in [0.1, 0.15) is 18.7 Å². The standard InChI is InChI=1S/C12H17BrN2OS2/c1-7(2)10(11(14)17)12(16)15(3)5-9-4-8(13)6-18-9/h4,6-7,10H,5H2,1-3H3,(H2,14,17). The molecule has 0 saturated heterocycles. The van der Waals surface area contributed by atoms with E-state index in [9.17, 15) is 4.79 Å². The van der Waals surface area contributed by atoms with Crippen molar-refractivity contribution in [3.05, 3.63) is 20.8 Å². The summed E-state index contributed by atoms with van der Waals surface area (Å²) in [6.07, 6.45) is 0. The number of nitrogens with two attached hydrogens (primary N) is 1. The highest BCUT2D eigenvalue weighted by Gasteiger charge is 2.27. The third kappa shape index (κ3) is 4.03. The number of thiophene rings is 1. The van der Waals surface area contributed by atoms with Crippen molar-refractivity contribution in [1.29, 1.82) is 0 Å². The second-order valence-electron chi connectivity index (χ2n) is 4.55. The van der Waals surface area contributed by atoms with Crippen molar-refractivity contribution in [3.63, 3.8) is 0 Å². The molecule has 2 N–H and O–H groups in total. The maximum Gasteiger partial charge on any atom is 0.232 e. The highest BCUT2D eigenvalue weighted by molar-refractivity contribution is 9.10. The Labute approximate surface area is 125 Å². The fourth-order valence-corrected chi connectivity index (χ4v) is 3.60. The minimum absolute atomic E-state index is 0.0120. The molecule has 1 amide bonds. The average molecular weight is 349 g/mol. The van der Waals surface area contributed by atoms with Crippen LogP contribution in [-0.4, -0.2) is 22.8 Å². The molecule has 6 heteroatoms. The Bertz CT molecular complexity index is 445. The molecule has 3 nitrogen and oxygen atoms in total. The summed E-state index contributed by atoms with van der Waals surface area (Å²) in [6, 6.07) is 2.01. The fraction of sp³-hybridized carbons (Fsp3) is 0.500. The lowest BCUT2D eigenvalue weighted by Crippen LogP contribution is -2.41. The first kappa shape index (κ1) is 15.6. The van der Waals surface area contributed by atoms with E-state index in [0.29, 0.717) is 6.54 Å². The molecule has 0 aliphatic rings. The van der Waals surface area contributed by atoms with Crippen molar-refractivity contribution in [2.45, 2.75) is 20.4 Å². The highest BCUT2D eigenvalue weighted by Crippen LogP contribution is 2.22. The van der Waals surface area contributed by atoms with Gasteiger partial charge in [0.25, 0.3) is 0 Å². The van der Waals surface area contributed by atoms with Crippen LogP contribution in [-0.2, 0) is 11.3 Å². The van der Waals surface area contributed by atoms with E-state index in [0.717, 1.165) is 9.35 Å². The molecule has 0 aliphatic carbocycles. The molecule has 18 heavy (non-hydrogen) atoms. The van der Waals surface area contributed by atoms with Gasteiger partial charge in [0.1, 0.15) is 0 Å². The Hall–Kier alpha value is -0.460. The van der Waals surface area contributed by atoms with Crippen LogP contribution < -0.4 is 5.73 Å². The van der Waals surface area contributed by atoms with Gasteiger partial charge in [-0.3, -0.25) is 4.79 Å². The number of hydrogen-bond acceptors (Lipinski definition) is 3. The van der Waals surface area contributed by atoms with E-state index in [-0.39, 0.29) is 22.7 Å². The van der Waals surface area contributed by atoms with E-state index >= 15 is 0 Å². The minimum Gasteiger partial charge on any atom is -0.393 e. The van der Waals surface area contributed by atoms with E-state index in [1.165, 1.54) is 0 Å². The van der Waals surface area contributed by atoms with Crippen molar-refractivity contribution >= 4 is 50.4 Å². The van der Waals surface area contributed by atoms with Crippen molar-refractivity contribution in [2.24, 2.45) is 17.6 Å². The van der Waals surface area contributed by atoms with Gasteiger partial charge in [0.15, 0.2) is 0 Å². The molecule has 0 spiro atoms. The van der Waals surface area contributed by atoms with Crippen LogP contribution in [0.2, 0.25) is 0 Å². The van der Waals surface area contributed by atoms with Gasteiger partial charge >= 0.3 is 0 Å². The molecule has 100 valence electrons. The van der Waals surface area contributed by atoms with Crippen molar-refractivity contribution < 1.29 is 4.79 Å². The first-order valence-electron chi connectivity index (χ1n) is 5.60. The van der Waals surface area contributed by atoms with Crippen LogP contribution >= 0.6 is 39.5 Å². The van der Waals surface area contributed by atoms with E-state index in [2.05, 4.69) is 15.9 Å². The molecule has 1 atom stereocenters. The third-order valence-corrected chi connectivity index (χ3v) is 4.57. The lowest BCUT2D eigenvalue weighted by atomic mass is 9.94. The van der Waals surface area contributed by atoms with Crippen molar-refractivity contribution in [1.82, 2.24) is 4.90 Å². The molecule has 0 radical (unpaired) electrons. The summed E-state index contributed by atoms with van der Waals surface area (Å²) in [7, 11) is 1.78. The summed E-state index contributed by atoms with van der Waals surface area (Å²) in [5.74, 6) is -0.275. The van der Waals surface area contributed by atoms with E-state index in [1.807, 2.05) is 25.3 Å². The van der Waals surface area contributed by atoms with Gasteiger partial charge in [0.05, 0.1) is 17.5 Å². The lowest BCUT2D eigenvalue weighted by Gasteiger charge is -2.25. The number of carbonyl (C=O) groups excluding carboxylic acids is 1. The topological polar surface area (TPSA) is 46.3 Å². The quantitative estimate of drug-likeness (QED) is 0.832. The predicted molar refractivity (Wildman–Crippen MR) is 83.6 cm³/mol. The van der Waals surface area contributed by atoms with Gasteiger partial charge in [0, 0.05) is 21.8 Å². The minimum atomic E-state index is -0.381. The summed E-state index contributed by atoms with van der Waals surface area (Å²) in [6.45, 7) is 4.50. The van der Waals surface area contributed by atoms with E-state index < -0.39 is 0 Å². The lowest BCUT2D eigenvalue weighted by molar-refractivity contribution is -0.133. The molecule has 1 unspecified atom stereocenters. The van der Waals surface area contributed by atoms with Gasteiger partial charge < -0.3 is 10.6 Å². The molecule has 0 aromatic carbocycles. The molecule has 0 bridgehead atoms. The number of nitrogens with zero attached hydrogens (tertiary/aromatic N) is 1. The molecule has 1 aromatic rings. The van der Waals surface area contributed by atoms with Gasteiger partial charge in [-0.15, -0.1) is 11.3 Å². The number of hydrogen-bond donors (Lipinski definition) is 1. The Morgan fingerprint density at radius 2 is 2.22 bits per heavy atom. The maximum absolute atomic E-state index is 12.3. The van der Waals surface area contributed by atoms with Crippen LogP contribution in [0, 0.1) is 11.8 Å². The van der Waals surface area contributed by atoms with Crippen LogP contribution in [0.4, 0.5) is 0 Å². The van der Waals surface area contributed by atoms with Crippen molar-refractivity contribution in [2.75, 3.05) is 7.05 Å². The van der Waals surface area contributed by atoms with Gasteiger partial charge in [-0.1, -0.05) is 26.1 Å². The smallest absolute Gasteiger partial charge is 0.232 e. The largest absolute Gasteiger partial charge is 0.393 e. The molecule has 1 heterocycles. The van der Waals surface area contributed by atoms with Crippen LogP contribution in [0.15, 0.2) is 15.9 Å². The van der Waals surface area contributed by atoms with Gasteiger partial charge in [-0.2, -0.15) is 0 Å². The molecule has 0 saturated carbocycles. The average Bonchev–Trinajstić information content (AvgIpc) is 2.62. The van der Waals surface area contributed by atoms with Crippen LogP contribution in [0.25, 0.3) is 0 Å². The fourth-order valence-electron chi connectivity index (χ4n) is 1.72. The zero-order valence-electron chi connectivity index (χ0n) is 10.6. The summed E-state index contributed by atoms with van der Waals surface area (Å²) < 4.78 is 1.04. The number of rotatable bonds is 5. The number of amides is 1. The number of halogens is 1. The van der Waals surface area contributed by atoms with E-state index in [4.69, 9.17) is 18.0 Å². The summed E-state index contributed by atoms with van der Waals surface area (Å²) in [5.41, 5.74) is 5.65. The van der Waals surface area contributed by atoms with E-state index in [1.54, 1.807) is 23.3 Å². The van der Waals surface area contributed by atoms with Crippen LogP contribution in [0.3, 0.4) is 0 Å². The van der Waals surface area contributed by atoms with Crippen LogP contribution in [0.5, 0.6) is 0 Å². The normalized spacial score (nSPS) is 12.5. The Balaban J connectivity index is 2.73. The molecule has 1 rings (SSSR count). The second-order valence-corrected chi connectivity index (χ2v) is 6.93. The number of thiocarbonyl (C=S) groups is 1. The maximum atomic E-state index is 12.3. The molecule has 0 aliphatic heterocycles. The Kier molecular flexibility index (Phi) is 5.75. The zero-order chi connectivity index (χ0) is 13.9. The molecule has 1 aromatic heterocycles. The Morgan fingerprint density at radius 1 is 1.61 bits per heavy atom. The first-order valence-corrected chi connectivity index (χ1v) is 7.68. The summed E-state index contributed by atoms with van der Waals surface area (Å²) in [5, 5.41) is 2.00. The molecule has 0 fully saturated rings. The Morgan fingerprint density at radius 3 is 2.61 bits per heavy atom. The SMILES string of the molecule is CC(C)C(C(=O)N(C)Cc1cc(Br)cs1)C(N)=S. The summed E-state index contributed by atoms with van der Waals surface area (Å²) in [4.78, 5) is 15.4. The second kappa shape index (κ2) is 6.63. The number of carbonyl (C=O) groups is 1. The predicted octanol–water partition coefficient (Wildman–Crippen LogP) is 3.03. The highest BCUT2D eigenvalue weighted by atomic mass is 79.9. The van der Waals surface area contributed by atoms with Gasteiger partial charge in [-0.25, -0.2) is 0 Å². The molecular formula is C12H17BrN2OS2. The monoisotopic (exact) mass is 348 g/mol. The van der Waals surface area contributed by atoms with Crippen molar-refractivity contribution in [3.8, 4) is 0 Å².